The Balaban J connectivity index is 2.06. The Kier molecular flexibility index (Phi) is 4.80. The van der Waals surface area contributed by atoms with Crippen LogP contribution in [0.15, 0.2) is 48.5 Å². The Morgan fingerprint density at radius 2 is 1.55 bits per heavy atom. The summed E-state index contributed by atoms with van der Waals surface area (Å²) in [6.45, 7) is 6.49. The van der Waals surface area contributed by atoms with E-state index in [9.17, 15) is 0 Å². The second-order valence-electron chi connectivity index (χ2n) is 5.30. The predicted molar refractivity (Wildman–Crippen MR) is 84.1 cm³/mol. The maximum Gasteiger partial charge on any atom is 0.119 e. The summed E-state index contributed by atoms with van der Waals surface area (Å²) in [7, 11) is 1.70. The Morgan fingerprint density at radius 3 is 2.20 bits per heavy atom. The van der Waals surface area contributed by atoms with Gasteiger partial charge >= 0.3 is 0 Å². The van der Waals surface area contributed by atoms with Crippen molar-refractivity contribution in [1.82, 2.24) is 5.32 Å². The molecule has 2 nitrogen and oxygen atoms in total. The Labute approximate surface area is 121 Å². The van der Waals surface area contributed by atoms with Crippen LogP contribution in [-0.2, 0) is 0 Å². The molecule has 20 heavy (non-hydrogen) atoms. The van der Waals surface area contributed by atoms with Crippen molar-refractivity contribution in [3.8, 4) is 5.75 Å². The lowest BCUT2D eigenvalue weighted by Crippen LogP contribution is -2.22. The van der Waals surface area contributed by atoms with Crippen LogP contribution >= 0.6 is 0 Å². The third-order valence-electron chi connectivity index (χ3n) is 3.67. The van der Waals surface area contributed by atoms with E-state index in [2.05, 4.69) is 62.5 Å². The largest absolute Gasteiger partial charge is 0.497 e. The molecule has 2 heteroatoms. The third-order valence-corrected chi connectivity index (χ3v) is 3.67. The van der Waals surface area contributed by atoms with Crippen molar-refractivity contribution >= 4 is 0 Å². The zero-order valence-corrected chi connectivity index (χ0v) is 12.7. The maximum atomic E-state index is 5.28. The summed E-state index contributed by atoms with van der Waals surface area (Å²) in [5.74, 6) is 0.902. The predicted octanol–water partition coefficient (Wildman–Crippen LogP) is 4.42. The summed E-state index contributed by atoms with van der Waals surface area (Å²) < 4.78 is 5.28. The van der Waals surface area contributed by atoms with Gasteiger partial charge in [-0.15, -0.1) is 0 Å². The molecule has 2 rings (SSSR count). The fourth-order valence-corrected chi connectivity index (χ4v) is 2.33. The molecule has 2 aromatic rings. The van der Waals surface area contributed by atoms with Gasteiger partial charge in [0.2, 0.25) is 0 Å². The summed E-state index contributed by atoms with van der Waals surface area (Å²) in [6.07, 6.45) is 0. The van der Waals surface area contributed by atoms with Crippen LogP contribution in [0.3, 0.4) is 0 Å². The van der Waals surface area contributed by atoms with E-state index in [4.69, 9.17) is 4.74 Å². The molecule has 0 spiro atoms. The zero-order valence-electron chi connectivity index (χ0n) is 12.7. The molecule has 0 aliphatic carbocycles. The lowest BCUT2D eigenvalue weighted by atomic mass is 10.0. The van der Waals surface area contributed by atoms with Crippen molar-refractivity contribution in [2.75, 3.05) is 7.11 Å². The molecule has 0 amide bonds. The van der Waals surface area contributed by atoms with Crippen molar-refractivity contribution in [2.45, 2.75) is 32.9 Å². The standard InChI is InChI=1S/C18H23NO/c1-13-8-10-16(11-9-13)14(2)19-15(3)17-6-5-7-18(12-17)20-4/h5-12,14-15,19H,1-4H3/t14?,15-/m1/s1. The average molecular weight is 269 g/mol. The van der Waals surface area contributed by atoms with Crippen molar-refractivity contribution in [3.63, 3.8) is 0 Å². The number of hydrogen-bond acceptors (Lipinski definition) is 2. The Morgan fingerprint density at radius 1 is 0.900 bits per heavy atom. The highest BCUT2D eigenvalue weighted by molar-refractivity contribution is 5.31. The van der Waals surface area contributed by atoms with Crippen LogP contribution in [-0.4, -0.2) is 7.11 Å². The van der Waals surface area contributed by atoms with E-state index in [1.807, 2.05) is 12.1 Å². The van der Waals surface area contributed by atoms with Crippen molar-refractivity contribution < 1.29 is 4.74 Å². The van der Waals surface area contributed by atoms with Gasteiger partial charge in [0, 0.05) is 12.1 Å². The van der Waals surface area contributed by atoms with E-state index in [1.54, 1.807) is 7.11 Å². The van der Waals surface area contributed by atoms with Gasteiger partial charge < -0.3 is 10.1 Å². The molecule has 0 saturated carbocycles. The van der Waals surface area contributed by atoms with Crippen LogP contribution in [0.2, 0.25) is 0 Å². The van der Waals surface area contributed by atoms with Crippen molar-refractivity contribution in [2.24, 2.45) is 0 Å². The fraction of sp³-hybridized carbons (Fsp3) is 0.333. The first-order chi connectivity index (χ1) is 9.60. The highest BCUT2D eigenvalue weighted by Gasteiger charge is 2.11. The second kappa shape index (κ2) is 6.58. The zero-order chi connectivity index (χ0) is 14.5. The summed E-state index contributed by atoms with van der Waals surface area (Å²) in [5.41, 5.74) is 3.84. The van der Waals surface area contributed by atoms with E-state index in [0.29, 0.717) is 6.04 Å². The molecule has 1 N–H and O–H groups in total. The third kappa shape index (κ3) is 3.61. The number of nitrogens with one attached hydrogen (secondary N) is 1. The Bertz CT molecular complexity index is 548. The number of hydrogen-bond donors (Lipinski definition) is 1. The highest BCUT2D eigenvalue weighted by Crippen LogP contribution is 2.22. The van der Waals surface area contributed by atoms with Gasteiger partial charge in [-0.3, -0.25) is 0 Å². The molecule has 0 aliphatic rings. The summed E-state index contributed by atoms with van der Waals surface area (Å²) in [5, 5.41) is 3.63. The maximum absolute atomic E-state index is 5.28. The molecule has 0 saturated heterocycles. The van der Waals surface area contributed by atoms with Gasteiger partial charge in [0.25, 0.3) is 0 Å². The molecule has 1 unspecified atom stereocenters. The number of rotatable bonds is 5. The summed E-state index contributed by atoms with van der Waals surface area (Å²) in [4.78, 5) is 0. The molecule has 2 aromatic carbocycles. The fourth-order valence-electron chi connectivity index (χ4n) is 2.33. The molecule has 106 valence electrons. The minimum absolute atomic E-state index is 0.279. The molecule has 0 radical (unpaired) electrons. The van der Waals surface area contributed by atoms with E-state index in [-0.39, 0.29) is 6.04 Å². The summed E-state index contributed by atoms with van der Waals surface area (Å²) in [6, 6.07) is 17.5. The van der Waals surface area contributed by atoms with Gasteiger partial charge in [-0.1, -0.05) is 42.0 Å². The van der Waals surface area contributed by atoms with Gasteiger partial charge in [0.1, 0.15) is 5.75 Å². The minimum atomic E-state index is 0.279. The molecule has 0 fully saturated rings. The van der Waals surface area contributed by atoms with Gasteiger partial charge in [-0.25, -0.2) is 0 Å². The van der Waals surface area contributed by atoms with Gasteiger partial charge in [-0.05, 0) is 44.0 Å². The lowest BCUT2D eigenvalue weighted by Gasteiger charge is -2.21. The van der Waals surface area contributed by atoms with Gasteiger partial charge in [0.15, 0.2) is 0 Å². The monoisotopic (exact) mass is 269 g/mol. The van der Waals surface area contributed by atoms with Crippen LogP contribution in [0, 0.1) is 6.92 Å². The topological polar surface area (TPSA) is 21.3 Å². The number of aryl methyl sites for hydroxylation is 1. The minimum Gasteiger partial charge on any atom is -0.497 e. The van der Waals surface area contributed by atoms with E-state index in [0.717, 1.165) is 5.75 Å². The van der Waals surface area contributed by atoms with Crippen molar-refractivity contribution in [1.29, 1.82) is 0 Å². The van der Waals surface area contributed by atoms with Gasteiger partial charge in [-0.2, -0.15) is 0 Å². The van der Waals surface area contributed by atoms with Crippen LogP contribution in [0.5, 0.6) is 5.75 Å². The van der Waals surface area contributed by atoms with Crippen LogP contribution in [0.4, 0.5) is 0 Å². The molecule has 0 aromatic heterocycles. The summed E-state index contributed by atoms with van der Waals surface area (Å²) >= 11 is 0. The van der Waals surface area contributed by atoms with E-state index < -0.39 is 0 Å². The molecule has 0 heterocycles. The molecular weight excluding hydrogens is 246 g/mol. The number of benzene rings is 2. The smallest absolute Gasteiger partial charge is 0.119 e. The lowest BCUT2D eigenvalue weighted by molar-refractivity contribution is 0.412. The molecular formula is C18H23NO. The molecule has 0 aliphatic heterocycles. The first-order valence-corrected chi connectivity index (χ1v) is 7.06. The van der Waals surface area contributed by atoms with Crippen LogP contribution < -0.4 is 10.1 Å². The quantitative estimate of drug-likeness (QED) is 0.867. The van der Waals surface area contributed by atoms with Crippen LogP contribution in [0.25, 0.3) is 0 Å². The van der Waals surface area contributed by atoms with Gasteiger partial charge in [0.05, 0.1) is 7.11 Å². The van der Waals surface area contributed by atoms with E-state index >= 15 is 0 Å². The second-order valence-corrected chi connectivity index (χ2v) is 5.30. The van der Waals surface area contributed by atoms with E-state index in [1.165, 1.54) is 16.7 Å². The molecule has 0 bridgehead atoms. The SMILES string of the molecule is COc1cccc([C@@H](C)NC(C)c2ccc(C)cc2)c1. The molecule has 2 atom stereocenters. The first kappa shape index (κ1) is 14.6. The highest BCUT2D eigenvalue weighted by atomic mass is 16.5. The number of ether oxygens (including phenoxy) is 1. The van der Waals surface area contributed by atoms with Crippen molar-refractivity contribution in [3.05, 3.63) is 65.2 Å². The normalized spacial score (nSPS) is 13.8. The van der Waals surface area contributed by atoms with Crippen LogP contribution in [0.1, 0.15) is 42.6 Å². The number of methoxy groups -OCH3 is 1. The Hall–Kier alpha value is -1.80. The first-order valence-electron chi connectivity index (χ1n) is 7.06. The average Bonchev–Trinajstić information content (AvgIpc) is 2.47.